The molecule has 1 heterocycles. The number of aryl methyl sites for hydroxylation is 1. The van der Waals surface area contributed by atoms with Crippen LogP contribution in [0.25, 0.3) is 10.6 Å². The smallest absolute Gasteiger partial charge is 0.358 e. The Morgan fingerprint density at radius 1 is 1.24 bits per heavy atom. The molecule has 21 heavy (non-hydrogen) atoms. The van der Waals surface area contributed by atoms with Crippen LogP contribution in [0.5, 0.6) is 0 Å². The molecule has 0 saturated carbocycles. The monoisotopic (exact) mass is 303 g/mol. The van der Waals surface area contributed by atoms with Gasteiger partial charge in [0.15, 0.2) is 11.5 Å². The van der Waals surface area contributed by atoms with Gasteiger partial charge >= 0.3 is 5.97 Å². The number of carbonyl (C=O) groups is 2. The second kappa shape index (κ2) is 6.63. The van der Waals surface area contributed by atoms with E-state index in [1.54, 1.807) is 6.92 Å². The molecule has 2 rings (SSSR count). The molecule has 0 radical (unpaired) electrons. The van der Waals surface area contributed by atoms with Crippen LogP contribution in [0, 0.1) is 0 Å². The Labute approximate surface area is 127 Å². The van der Waals surface area contributed by atoms with E-state index in [0.717, 1.165) is 17.5 Å². The third-order valence-corrected chi connectivity index (χ3v) is 4.23. The lowest BCUT2D eigenvalue weighted by molar-refractivity contribution is 0.0517. The highest BCUT2D eigenvalue weighted by Gasteiger charge is 2.23. The predicted octanol–water partition coefficient (Wildman–Crippen LogP) is 3.75. The van der Waals surface area contributed by atoms with E-state index in [1.165, 1.54) is 18.3 Å². The molecule has 0 N–H and O–H groups in total. The van der Waals surface area contributed by atoms with Crippen molar-refractivity contribution in [2.45, 2.75) is 27.2 Å². The Morgan fingerprint density at radius 3 is 2.57 bits per heavy atom. The molecule has 0 fully saturated rings. The third kappa shape index (κ3) is 3.19. The molecule has 0 unspecified atom stereocenters. The summed E-state index contributed by atoms with van der Waals surface area (Å²) in [4.78, 5) is 28.4. The van der Waals surface area contributed by atoms with Crippen LogP contribution in [0.1, 0.15) is 46.5 Å². The number of nitrogens with zero attached hydrogens (tertiary/aromatic N) is 1. The first-order chi connectivity index (χ1) is 10.1. The van der Waals surface area contributed by atoms with Gasteiger partial charge in [-0.3, -0.25) is 4.79 Å². The van der Waals surface area contributed by atoms with Crippen LogP contribution in [0.2, 0.25) is 0 Å². The van der Waals surface area contributed by atoms with Crippen LogP contribution in [0.15, 0.2) is 24.3 Å². The zero-order chi connectivity index (χ0) is 15.4. The highest BCUT2D eigenvalue weighted by atomic mass is 32.1. The molecule has 2 aromatic rings. The van der Waals surface area contributed by atoms with Gasteiger partial charge in [0.1, 0.15) is 9.88 Å². The fourth-order valence-corrected chi connectivity index (χ4v) is 3.06. The number of hydrogen-bond acceptors (Lipinski definition) is 5. The van der Waals surface area contributed by atoms with Gasteiger partial charge < -0.3 is 4.74 Å². The van der Waals surface area contributed by atoms with Gasteiger partial charge in [0.25, 0.3) is 0 Å². The minimum Gasteiger partial charge on any atom is -0.461 e. The average Bonchev–Trinajstić information content (AvgIpc) is 2.92. The van der Waals surface area contributed by atoms with Crippen molar-refractivity contribution in [1.29, 1.82) is 0 Å². The molecular weight excluding hydrogens is 286 g/mol. The standard InChI is InChI=1S/C16H17NO3S/c1-4-11-8-6-7-9-12(11)15-17-13(16(19)20-5-2)14(21-15)10(3)18/h6-9H,4-5H2,1-3H3. The van der Waals surface area contributed by atoms with Crippen molar-refractivity contribution >= 4 is 23.1 Å². The first-order valence-electron chi connectivity index (χ1n) is 6.85. The van der Waals surface area contributed by atoms with Gasteiger partial charge in [-0.05, 0) is 18.9 Å². The van der Waals surface area contributed by atoms with Crippen molar-refractivity contribution in [3.8, 4) is 10.6 Å². The number of aromatic nitrogens is 1. The van der Waals surface area contributed by atoms with Crippen molar-refractivity contribution in [3.05, 3.63) is 40.4 Å². The summed E-state index contributed by atoms with van der Waals surface area (Å²) in [5, 5.41) is 0.681. The van der Waals surface area contributed by atoms with Crippen molar-refractivity contribution in [2.24, 2.45) is 0 Å². The Hall–Kier alpha value is -2.01. The molecular formula is C16H17NO3S. The zero-order valence-corrected chi connectivity index (χ0v) is 13.1. The second-order valence-corrected chi connectivity index (χ2v) is 5.48. The normalized spacial score (nSPS) is 10.4. The van der Waals surface area contributed by atoms with E-state index in [2.05, 4.69) is 11.9 Å². The van der Waals surface area contributed by atoms with Gasteiger partial charge in [-0.1, -0.05) is 31.2 Å². The highest BCUT2D eigenvalue weighted by molar-refractivity contribution is 7.17. The average molecular weight is 303 g/mol. The summed E-state index contributed by atoms with van der Waals surface area (Å²) in [5.74, 6) is -0.713. The zero-order valence-electron chi connectivity index (χ0n) is 12.3. The number of esters is 1. The molecule has 0 amide bonds. The number of ketones is 1. The predicted molar refractivity (Wildman–Crippen MR) is 82.9 cm³/mol. The van der Waals surface area contributed by atoms with Gasteiger partial charge in [0.2, 0.25) is 0 Å². The minimum atomic E-state index is -0.542. The molecule has 4 nitrogen and oxygen atoms in total. The number of carbonyl (C=O) groups excluding carboxylic acids is 2. The number of benzene rings is 1. The summed E-state index contributed by atoms with van der Waals surface area (Å²) in [6, 6.07) is 7.87. The van der Waals surface area contributed by atoms with Crippen LogP contribution in [-0.4, -0.2) is 23.3 Å². The Balaban J connectivity index is 2.54. The Bertz CT molecular complexity index is 676. The van der Waals surface area contributed by atoms with E-state index < -0.39 is 5.97 Å². The van der Waals surface area contributed by atoms with Crippen LogP contribution in [0.4, 0.5) is 0 Å². The number of hydrogen-bond donors (Lipinski definition) is 0. The van der Waals surface area contributed by atoms with Crippen LogP contribution >= 0.6 is 11.3 Å². The van der Waals surface area contributed by atoms with E-state index in [4.69, 9.17) is 4.74 Å². The van der Waals surface area contributed by atoms with Crippen molar-refractivity contribution in [2.75, 3.05) is 6.61 Å². The molecule has 0 aliphatic carbocycles. The summed E-state index contributed by atoms with van der Waals surface area (Å²) in [5.41, 5.74) is 2.22. The van der Waals surface area contributed by atoms with E-state index >= 15 is 0 Å². The third-order valence-electron chi connectivity index (χ3n) is 3.04. The molecule has 5 heteroatoms. The molecule has 0 atom stereocenters. The van der Waals surface area contributed by atoms with Crippen LogP contribution in [0.3, 0.4) is 0 Å². The molecule has 0 aliphatic heterocycles. The quantitative estimate of drug-likeness (QED) is 0.623. The molecule has 0 aliphatic rings. The fraction of sp³-hybridized carbons (Fsp3) is 0.312. The summed E-state index contributed by atoms with van der Waals surface area (Å²) < 4.78 is 4.98. The van der Waals surface area contributed by atoms with E-state index in [1.807, 2.05) is 24.3 Å². The first kappa shape index (κ1) is 15.4. The lowest BCUT2D eigenvalue weighted by Gasteiger charge is -2.03. The largest absolute Gasteiger partial charge is 0.461 e. The summed E-state index contributed by atoms with van der Waals surface area (Å²) >= 11 is 1.24. The van der Waals surface area contributed by atoms with Gasteiger partial charge in [-0.2, -0.15) is 0 Å². The maximum atomic E-state index is 11.9. The summed E-state index contributed by atoms with van der Waals surface area (Å²) in [6.07, 6.45) is 0.861. The SMILES string of the molecule is CCOC(=O)c1nc(-c2ccccc2CC)sc1C(C)=O. The van der Waals surface area contributed by atoms with E-state index in [-0.39, 0.29) is 18.1 Å². The number of rotatable bonds is 5. The highest BCUT2D eigenvalue weighted by Crippen LogP contribution is 2.31. The van der Waals surface area contributed by atoms with Crippen molar-refractivity contribution < 1.29 is 14.3 Å². The molecule has 1 aromatic carbocycles. The number of thiazole rings is 1. The molecule has 0 saturated heterocycles. The van der Waals surface area contributed by atoms with E-state index in [9.17, 15) is 9.59 Å². The van der Waals surface area contributed by atoms with Gasteiger partial charge in [0, 0.05) is 12.5 Å². The maximum absolute atomic E-state index is 11.9. The maximum Gasteiger partial charge on any atom is 0.358 e. The van der Waals surface area contributed by atoms with Crippen molar-refractivity contribution in [3.63, 3.8) is 0 Å². The Kier molecular flexibility index (Phi) is 4.85. The summed E-state index contributed by atoms with van der Waals surface area (Å²) in [6.45, 7) is 5.48. The molecule has 1 aromatic heterocycles. The van der Waals surface area contributed by atoms with Crippen LogP contribution in [-0.2, 0) is 11.2 Å². The lowest BCUT2D eigenvalue weighted by atomic mass is 10.1. The summed E-state index contributed by atoms with van der Waals surface area (Å²) in [7, 11) is 0. The number of ether oxygens (including phenoxy) is 1. The molecule has 110 valence electrons. The van der Waals surface area contributed by atoms with E-state index in [0.29, 0.717) is 9.88 Å². The van der Waals surface area contributed by atoms with Crippen LogP contribution < -0.4 is 0 Å². The number of Topliss-reactive ketones (excluding diaryl/α,β-unsaturated/α-hetero) is 1. The lowest BCUT2D eigenvalue weighted by Crippen LogP contribution is -2.09. The first-order valence-corrected chi connectivity index (χ1v) is 7.67. The van der Waals surface area contributed by atoms with Gasteiger partial charge in [-0.25, -0.2) is 9.78 Å². The topological polar surface area (TPSA) is 56.3 Å². The molecule has 0 spiro atoms. The van der Waals surface area contributed by atoms with Gasteiger partial charge in [0.05, 0.1) is 6.61 Å². The fourth-order valence-electron chi connectivity index (χ4n) is 2.05. The van der Waals surface area contributed by atoms with Gasteiger partial charge in [-0.15, -0.1) is 11.3 Å². The minimum absolute atomic E-state index is 0.121. The Morgan fingerprint density at radius 2 is 1.95 bits per heavy atom. The van der Waals surface area contributed by atoms with Crippen molar-refractivity contribution in [1.82, 2.24) is 4.98 Å². The molecule has 0 bridgehead atoms. The second-order valence-electron chi connectivity index (χ2n) is 4.48.